The lowest BCUT2D eigenvalue weighted by atomic mass is 10.2. The van der Waals surface area contributed by atoms with Gasteiger partial charge in [-0.05, 0) is 13.0 Å². The summed E-state index contributed by atoms with van der Waals surface area (Å²) in [7, 11) is 0. The van der Waals surface area contributed by atoms with Gasteiger partial charge < -0.3 is 11.1 Å². The number of amides is 1. The van der Waals surface area contributed by atoms with Crippen LogP contribution in [0.4, 0.5) is 18.9 Å². The molecule has 7 heteroatoms. The highest BCUT2D eigenvalue weighted by Crippen LogP contribution is 2.18. The van der Waals surface area contributed by atoms with Crippen LogP contribution in [0.5, 0.6) is 0 Å². The smallest absolute Gasteiger partial charge is 0.224 e. The van der Waals surface area contributed by atoms with E-state index in [1.54, 1.807) is 0 Å². The minimum absolute atomic E-state index is 0. The third kappa shape index (κ3) is 4.62. The van der Waals surface area contributed by atoms with Crippen LogP contribution in [0.25, 0.3) is 0 Å². The second-order valence-corrected chi connectivity index (χ2v) is 3.19. The molecule has 0 aliphatic heterocycles. The molecule has 0 bridgehead atoms. The van der Waals surface area contributed by atoms with Gasteiger partial charge in [0.15, 0.2) is 11.6 Å². The molecule has 0 atom stereocenters. The van der Waals surface area contributed by atoms with Gasteiger partial charge in [-0.3, -0.25) is 4.79 Å². The molecule has 0 unspecified atom stereocenters. The van der Waals surface area contributed by atoms with Crippen molar-refractivity contribution in [3.63, 3.8) is 0 Å². The predicted octanol–water partition coefficient (Wildman–Crippen LogP) is 2.20. The first-order chi connectivity index (χ1) is 7.54. The Bertz CT molecular complexity index is 401. The van der Waals surface area contributed by atoms with Crippen molar-refractivity contribution < 1.29 is 18.0 Å². The molecule has 1 amide bonds. The zero-order valence-corrected chi connectivity index (χ0v) is 9.62. The van der Waals surface area contributed by atoms with Crippen molar-refractivity contribution in [1.29, 1.82) is 0 Å². The molecule has 0 aliphatic carbocycles. The number of hydrogen-bond acceptors (Lipinski definition) is 2. The van der Waals surface area contributed by atoms with E-state index in [0.717, 1.165) is 0 Å². The van der Waals surface area contributed by atoms with E-state index in [-0.39, 0.29) is 24.5 Å². The lowest BCUT2D eigenvalue weighted by Crippen LogP contribution is -2.14. The molecule has 17 heavy (non-hydrogen) atoms. The summed E-state index contributed by atoms with van der Waals surface area (Å²) in [4.78, 5) is 11.2. The molecule has 3 N–H and O–H groups in total. The zero-order valence-electron chi connectivity index (χ0n) is 8.80. The predicted molar refractivity (Wildman–Crippen MR) is 60.5 cm³/mol. The summed E-state index contributed by atoms with van der Waals surface area (Å²) in [6.07, 6.45) is 0.548. The van der Waals surface area contributed by atoms with Gasteiger partial charge in [-0.25, -0.2) is 13.2 Å². The molecule has 1 aromatic rings. The normalized spacial score (nSPS) is 9.65. The van der Waals surface area contributed by atoms with Crippen LogP contribution in [0.3, 0.4) is 0 Å². The van der Waals surface area contributed by atoms with Crippen molar-refractivity contribution in [3.8, 4) is 0 Å². The Kier molecular flexibility index (Phi) is 6.60. The third-order valence-corrected chi connectivity index (χ3v) is 1.89. The Morgan fingerprint density at radius 1 is 1.18 bits per heavy atom. The number of hydrogen-bond donors (Lipinski definition) is 2. The molecule has 0 aromatic heterocycles. The number of halogens is 4. The van der Waals surface area contributed by atoms with Crippen molar-refractivity contribution in [2.45, 2.75) is 12.8 Å². The molecule has 0 spiro atoms. The highest BCUT2D eigenvalue weighted by Gasteiger charge is 2.11. The van der Waals surface area contributed by atoms with Crippen LogP contribution in [0, 0.1) is 17.5 Å². The zero-order chi connectivity index (χ0) is 12.1. The topological polar surface area (TPSA) is 55.1 Å². The minimum Gasteiger partial charge on any atom is -0.330 e. The Hall–Kier alpha value is -1.27. The minimum atomic E-state index is -1.29. The molecule has 0 saturated carbocycles. The van der Waals surface area contributed by atoms with Gasteiger partial charge in [0.05, 0.1) is 5.69 Å². The molecule has 3 nitrogen and oxygen atoms in total. The average molecular weight is 269 g/mol. The van der Waals surface area contributed by atoms with Crippen molar-refractivity contribution in [2.75, 3.05) is 11.9 Å². The molecular formula is C10H12ClF3N2O. The molecule has 0 fully saturated rings. The molecule has 0 aliphatic rings. The van der Waals surface area contributed by atoms with Gasteiger partial charge in [0.25, 0.3) is 0 Å². The molecular weight excluding hydrogens is 257 g/mol. The van der Waals surface area contributed by atoms with E-state index >= 15 is 0 Å². The molecule has 1 rings (SSSR count). The number of nitrogens with one attached hydrogen (secondary N) is 1. The number of carbonyl (C=O) groups is 1. The van der Waals surface area contributed by atoms with Crippen molar-refractivity contribution >= 4 is 24.0 Å². The second-order valence-electron chi connectivity index (χ2n) is 3.19. The number of rotatable bonds is 4. The van der Waals surface area contributed by atoms with Gasteiger partial charge in [0.2, 0.25) is 5.91 Å². The Morgan fingerprint density at radius 3 is 2.35 bits per heavy atom. The van der Waals surface area contributed by atoms with Crippen LogP contribution in [0.15, 0.2) is 12.1 Å². The fraction of sp³-hybridized carbons (Fsp3) is 0.300. The van der Waals surface area contributed by atoms with Gasteiger partial charge in [-0.1, -0.05) is 0 Å². The maximum atomic E-state index is 13.1. The van der Waals surface area contributed by atoms with E-state index in [4.69, 9.17) is 5.73 Å². The first-order valence-electron chi connectivity index (χ1n) is 4.69. The Balaban J connectivity index is 0.00000256. The Labute approximate surface area is 103 Å². The lowest BCUT2D eigenvalue weighted by Gasteiger charge is -2.06. The van der Waals surface area contributed by atoms with Gasteiger partial charge in [-0.2, -0.15) is 0 Å². The summed E-state index contributed by atoms with van der Waals surface area (Å²) in [5.41, 5.74) is 4.81. The number of benzene rings is 1. The van der Waals surface area contributed by atoms with Crippen molar-refractivity contribution in [3.05, 3.63) is 29.6 Å². The largest absolute Gasteiger partial charge is 0.330 e. The van der Waals surface area contributed by atoms with Crippen LogP contribution in [-0.2, 0) is 4.79 Å². The van der Waals surface area contributed by atoms with E-state index < -0.39 is 23.4 Å². The third-order valence-electron chi connectivity index (χ3n) is 1.89. The maximum Gasteiger partial charge on any atom is 0.224 e. The standard InChI is InChI=1S/C10H11F3N2O.ClH/c11-6-4-8(13)9(5-7(6)12)15-10(16)2-1-3-14;/h4-5H,1-3,14H2,(H,15,16);1H. The summed E-state index contributed by atoms with van der Waals surface area (Å²) in [6, 6.07) is 0.985. The first-order valence-corrected chi connectivity index (χ1v) is 4.69. The first kappa shape index (κ1) is 15.7. The highest BCUT2D eigenvalue weighted by molar-refractivity contribution is 5.90. The summed E-state index contributed by atoms with van der Waals surface area (Å²) in [5.74, 6) is -4.01. The molecule has 1 aromatic carbocycles. The summed E-state index contributed by atoms with van der Waals surface area (Å²) in [6.45, 7) is 0.327. The van der Waals surface area contributed by atoms with Gasteiger partial charge in [-0.15, -0.1) is 12.4 Å². The SMILES string of the molecule is Cl.NCCCC(=O)Nc1cc(F)c(F)cc1F. The van der Waals surface area contributed by atoms with Crippen LogP contribution in [0.2, 0.25) is 0 Å². The van der Waals surface area contributed by atoms with Crippen LogP contribution >= 0.6 is 12.4 Å². The summed E-state index contributed by atoms with van der Waals surface area (Å²) < 4.78 is 38.4. The summed E-state index contributed by atoms with van der Waals surface area (Å²) >= 11 is 0. The fourth-order valence-electron chi connectivity index (χ4n) is 1.09. The quantitative estimate of drug-likeness (QED) is 0.823. The molecule has 0 radical (unpaired) electrons. The molecule has 0 saturated heterocycles. The highest BCUT2D eigenvalue weighted by atomic mass is 35.5. The Morgan fingerprint density at radius 2 is 1.76 bits per heavy atom. The van der Waals surface area contributed by atoms with E-state index in [2.05, 4.69) is 5.32 Å². The number of carbonyl (C=O) groups excluding carboxylic acids is 1. The maximum absolute atomic E-state index is 13.1. The molecule has 0 heterocycles. The van der Waals surface area contributed by atoms with E-state index in [1.807, 2.05) is 0 Å². The monoisotopic (exact) mass is 268 g/mol. The van der Waals surface area contributed by atoms with Crippen LogP contribution in [0.1, 0.15) is 12.8 Å². The van der Waals surface area contributed by atoms with Crippen LogP contribution in [-0.4, -0.2) is 12.5 Å². The van der Waals surface area contributed by atoms with Crippen molar-refractivity contribution in [2.24, 2.45) is 5.73 Å². The lowest BCUT2D eigenvalue weighted by molar-refractivity contribution is -0.116. The van der Waals surface area contributed by atoms with E-state index in [1.165, 1.54) is 0 Å². The average Bonchev–Trinajstić information content (AvgIpc) is 2.23. The second kappa shape index (κ2) is 7.13. The fourth-order valence-corrected chi connectivity index (χ4v) is 1.09. The molecule has 96 valence electrons. The van der Waals surface area contributed by atoms with Gasteiger partial charge in [0.1, 0.15) is 5.82 Å². The van der Waals surface area contributed by atoms with Crippen LogP contribution < -0.4 is 11.1 Å². The van der Waals surface area contributed by atoms with Gasteiger partial charge >= 0.3 is 0 Å². The van der Waals surface area contributed by atoms with Crippen molar-refractivity contribution in [1.82, 2.24) is 0 Å². The number of nitrogens with two attached hydrogens (primary N) is 1. The summed E-state index contributed by atoms with van der Waals surface area (Å²) in [5, 5.41) is 2.14. The number of anilines is 1. The van der Waals surface area contributed by atoms with Gasteiger partial charge in [0, 0.05) is 18.6 Å². The van der Waals surface area contributed by atoms with E-state index in [0.29, 0.717) is 25.1 Å². The van der Waals surface area contributed by atoms with E-state index in [9.17, 15) is 18.0 Å².